The van der Waals surface area contributed by atoms with Crippen molar-refractivity contribution < 1.29 is 27.4 Å². The van der Waals surface area contributed by atoms with Crippen molar-refractivity contribution in [2.24, 2.45) is 0 Å². The molecule has 2 nitrogen and oxygen atoms in total. The fraction of sp³-hybridized carbons (Fsp3) is 0.455. The molecule has 1 aromatic rings. The van der Waals surface area contributed by atoms with Crippen molar-refractivity contribution in [2.75, 3.05) is 19.8 Å². The summed E-state index contributed by atoms with van der Waals surface area (Å²) in [5.41, 5.74) is 0.412. The third kappa shape index (κ3) is 5.14. The van der Waals surface area contributed by atoms with Crippen LogP contribution in [0.1, 0.15) is 11.5 Å². The lowest BCUT2D eigenvalue weighted by molar-refractivity contribution is -0.175. The Morgan fingerprint density at radius 2 is 2.00 bits per heavy atom. The fourth-order valence-electron chi connectivity index (χ4n) is 1.33. The molecular weight excluding hydrogens is 240 g/mol. The maximum absolute atomic E-state index is 12.9. The van der Waals surface area contributed by atoms with Crippen molar-refractivity contribution in [3.63, 3.8) is 0 Å². The molecule has 0 aliphatic heterocycles. The highest BCUT2D eigenvalue weighted by molar-refractivity contribution is 5.20. The minimum Gasteiger partial charge on any atom is -0.396 e. The Balaban J connectivity index is 2.54. The molecule has 0 aliphatic rings. The van der Waals surface area contributed by atoms with Crippen LogP contribution in [0.25, 0.3) is 0 Å². The molecule has 0 saturated heterocycles. The van der Waals surface area contributed by atoms with Gasteiger partial charge in [-0.3, -0.25) is 0 Å². The molecular formula is C11H12F4O2. The van der Waals surface area contributed by atoms with E-state index < -0.39 is 31.1 Å². The van der Waals surface area contributed by atoms with Gasteiger partial charge in [0.15, 0.2) is 0 Å². The molecule has 1 aromatic carbocycles. The summed E-state index contributed by atoms with van der Waals surface area (Å²) in [7, 11) is 0. The Hall–Kier alpha value is -1.14. The van der Waals surface area contributed by atoms with Crippen LogP contribution < -0.4 is 0 Å². The number of ether oxygens (including phenoxy) is 1. The molecule has 0 heterocycles. The number of halogens is 4. The molecule has 0 bridgehead atoms. The van der Waals surface area contributed by atoms with Crippen molar-refractivity contribution in [1.82, 2.24) is 0 Å². The zero-order valence-electron chi connectivity index (χ0n) is 8.88. The van der Waals surface area contributed by atoms with Gasteiger partial charge in [0.05, 0.1) is 13.2 Å². The number of aliphatic hydroxyl groups is 1. The van der Waals surface area contributed by atoms with Gasteiger partial charge in [0.25, 0.3) is 0 Å². The van der Waals surface area contributed by atoms with Crippen LogP contribution in [0.3, 0.4) is 0 Å². The van der Waals surface area contributed by atoms with Crippen LogP contribution in [0.15, 0.2) is 24.3 Å². The zero-order valence-corrected chi connectivity index (χ0v) is 8.88. The SMILES string of the molecule is OCC(COCC(F)(F)F)c1cccc(F)c1. The van der Waals surface area contributed by atoms with Gasteiger partial charge in [-0.05, 0) is 17.7 Å². The topological polar surface area (TPSA) is 29.5 Å². The Kier molecular flexibility index (Phi) is 4.89. The van der Waals surface area contributed by atoms with Crippen LogP contribution in [0.2, 0.25) is 0 Å². The van der Waals surface area contributed by atoms with Gasteiger partial charge in [-0.2, -0.15) is 13.2 Å². The fourth-order valence-corrected chi connectivity index (χ4v) is 1.33. The number of hydrogen-bond donors (Lipinski definition) is 1. The van der Waals surface area contributed by atoms with Gasteiger partial charge in [0.1, 0.15) is 12.4 Å². The van der Waals surface area contributed by atoms with Gasteiger partial charge in [-0.25, -0.2) is 4.39 Å². The Morgan fingerprint density at radius 1 is 1.29 bits per heavy atom. The highest BCUT2D eigenvalue weighted by Crippen LogP contribution is 2.19. The van der Waals surface area contributed by atoms with E-state index in [2.05, 4.69) is 4.74 Å². The van der Waals surface area contributed by atoms with Crippen LogP contribution >= 0.6 is 0 Å². The number of aliphatic hydroxyl groups excluding tert-OH is 1. The summed E-state index contributed by atoms with van der Waals surface area (Å²) in [5, 5.41) is 9.02. The molecule has 17 heavy (non-hydrogen) atoms. The first-order chi connectivity index (χ1) is 7.92. The Morgan fingerprint density at radius 3 is 2.53 bits per heavy atom. The number of benzene rings is 1. The van der Waals surface area contributed by atoms with E-state index in [9.17, 15) is 17.6 Å². The lowest BCUT2D eigenvalue weighted by Gasteiger charge is -2.15. The predicted molar refractivity (Wildman–Crippen MR) is 53.1 cm³/mol. The molecule has 6 heteroatoms. The normalized spacial score (nSPS) is 13.7. The van der Waals surface area contributed by atoms with E-state index in [4.69, 9.17) is 5.11 Å². The van der Waals surface area contributed by atoms with E-state index in [0.717, 1.165) is 6.07 Å². The summed E-state index contributed by atoms with van der Waals surface area (Å²) < 4.78 is 52.8. The van der Waals surface area contributed by atoms with Gasteiger partial charge < -0.3 is 9.84 Å². The van der Waals surface area contributed by atoms with Gasteiger partial charge in [0.2, 0.25) is 0 Å². The molecule has 96 valence electrons. The zero-order chi connectivity index (χ0) is 12.9. The van der Waals surface area contributed by atoms with E-state index in [0.29, 0.717) is 5.56 Å². The summed E-state index contributed by atoms with van der Waals surface area (Å²) in [6, 6.07) is 5.34. The molecule has 0 spiro atoms. The van der Waals surface area contributed by atoms with Crippen molar-refractivity contribution in [3.05, 3.63) is 35.6 Å². The van der Waals surface area contributed by atoms with Crippen molar-refractivity contribution in [1.29, 1.82) is 0 Å². The lowest BCUT2D eigenvalue weighted by Crippen LogP contribution is -2.21. The van der Waals surface area contributed by atoms with Crippen LogP contribution in [0, 0.1) is 5.82 Å². The van der Waals surface area contributed by atoms with Crippen LogP contribution in [-0.2, 0) is 4.74 Å². The van der Waals surface area contributed by atoms with E-state index in [1.54, 1.807) is 0 Å². The molecule has 0 fully saturated rings. The van der Waals surface area contributed by atoms with E-state index in [1.165, 1.54) is 18.2 Å². The Labute approximate surface area is 95.8 Å². The van der Waals surface area contributed by atoms with Crippen molar-refractivity contribution in [3.8, 4) is 0 Å². The summed E-state index contributed by atoms with van der Waals surface area (Å²) in [6.45, 7) is -2.08. The van der Waals surface area contributed by atoms with Crippen molar-refractivity contribution in [2.45, 2.75) is 12.1 Å². The van der Waals surface area contributed by atoms with Crippen molar-refractivity contribution >= 4 is 0 Å². The quantitative estimate of drug-likeness (QED) is 0.816. The third-order valence-corrected chi connectivity index (χ3v) is 2.13. The summed E-state index contributed by atoms with van der Waals surface area (Å²) >= 11 is 0. The second kappa shape index (κ2) is 5.97. The molecule has 0 aliphatic carbocycles. The minimum absolute atomic E-state index is 0.306. The minimum atomic E-state index is -4.40. The molecule has 1 unspecified atom stereocenters. The first-order valence-electron chi connectivity index (χ1n) is 4.93. The van der Waals surface area contributed by atoms with Gasteiger partial charge in [-0.15, -0.1) is 0 Å². The number of hydrogen-bond acceptors (Lipinski definition) is 2. The average molecular weight is 252 g/mol. The third-order valence-electron chi connectivity index (χ3n) is 2.13. The molecule has 0 radical (unpaired) electrons. The average Bonchev–Trinajstić information content (AvgIpc) is 2.23. The first-order valence-corrected chi connectivity index (χ1v) is 4.93. The lowest BCUT2D eigenvalue weighted by atomic mass is 10.0. The number of alkyl halides is 3. The van der Waals surface area contributed by atoms with Crippen LogP contribution in [-0.4, -0.2) is 31.1 Å². The Bertz CT molecular complexity index is 352. The highest BCUT2D eigenvalue weighted by atomic mass is 19.4. The second-order valence-corrected chi connectivity index (χ2v) is 3.56. The maximum Gasteiger partial charge on any atom is 0.411 e. The maximum atomic E-state index is 12.9. The molecule has 1 atom stereocenters. The number of rotatable bonds is 5. The first kappa shape index (κ1) is 13.9. The summed E-state index contributed by atoms with van der Waals surface area (Å²) in [4.78, 5) is 0. The van der Waals surface area contributed by atoms with E-state index in [1.807, 2.05) is 0 Å². The monoisotopic (exact) mass is 252 g/mol. The largest absolute Gasteiger partial charge is 0.411 e. The van der Waals surface area contributed by atoms with Gasteiger partial charge >= 0.3 is 6.18 Å². The standard InChI is InChI=1S/C11H12F4O2/c12-10-3-1-2-8(4-10)9(5-16)6-17-7-11(13,14)15/h1-4,9,16H,5-7H2. The highest BCUT2D eigenvalue weighted by Gasteiger charge is 2.28. The summed E-state index contributed by atoms with van der Waals surface area (Å²) in [6.07, 6.45) is -4.40. The van der Waals surface area contributed by atoms with Crippen LogP contribution in [0.4, 0.5) is 17.6 Å². The molecule has 1 N–H and O–H groups in total. The van der Waals surface area contributed by atoms with Gasteiger partial charge in [-0.1, -0.05) is 12.1 Å². The summed E-state index contributed by atoms with van der Waals surface area (Å²) in [5.74, 6) is -1.16. The smallest absolute Gasteiger partial charge is 0.396 e. The van der Waals surface area contributed by atoms with Gasteiger partial charge in [0, 0.05) is 5.92 Å². The second-order valence-electron chi connectivity index (χ2n) is 3.56. The van der Waals surface area contributed by atoms with E-state index >= 15 is 0 Å². The van der Waals surface area contributed by atoms with E-state index in [-0.39, 0.29) is 6.61 Å². The molecule has 0 aromatic heterocycles. The molecule has 1 rings (SSSR count). The van der Waals surface area contributed by atoms with Crippen LogP contribution in [0.5, 0.6) is 0 Å². The predicted octanol–water partition coefficient (Wildman–Crippen LogP) is 2.48. The molecule has 0 amide bonds. The molecule has 0 saturated carbocycles.